The number of rotatable bonds is 6. The Morgan fingerprint density at radius 2 is 1.91 bits per heavy atom. The standard InChI is InChI=1S/C24H19ClN2O5/c1-3-12-31-18-10-6-15(7-11-18)21-20(22(28)16-4-8-17(25)9-5-16)23(29)24(30)27(21)19-13-14(2)32-26-19/h3-11,13,21,28H,1,12H2,2H3/t21-/m0/s1. The number of aryl methyl sites for hydroxylation is 1. The fourth-order valence-electron chi connectivity index (χ4n) is 3.52. The second-order valence-electron chi connectivity index (χ2n) is 7.14. The lowest BCUT2D eigenvalue weighted by molar-refractivity contribution is -0.132. The molecular weight excluding hydrogens is 432 g/mol. The summed E-state index contributed by atoms with van der Waals surface area (Å²) in [7, 11) is 0. The van der Waals surface area contributed by atoms with Crippen molar-refractivity contribution in [2.75, 3.05) is 11.5 Å². The van der Waals surface area contributed by atoms with Gasteiger partial charge in [-0.1, -0.05) is 41.5 Å². The number of aliphatic hydroxyl groups is 1. The second-order valence-corrected chi connectivity index (χ2v) is 7.58. The van der Waals surface area contributed by atoms with E-state index in [-0.39, 0.29) is 17.2 Å². The Labute approximate surface area is 189 Å². The minimum atomic E-state index is -0.913. The van der Waals surface area contributed by atoms with E-state index in [2.05, 4.69) is 11.7 Å². The number of carbonyl (C=O) groups excluding carboxylic acids is 2. The van der Waals surface area contributed by atoms with Crippen molar-refractivity contribution in [3.8, 4) is 5.75 Å². The van der Waals surface area contributed by atoms with Gasteiger partial charge in [0.05, 0.1) is 11.6 Å². The van der Waals surface area contributed by atoms with Crippen molar-refractivity contribution in [2.45, 2.75) is 13.0 Å². The van der Waals surface area contributed by atoms with Gasteiger partial charge in [-0.2, -0.15) is 0 Å². The number of hydrogen-bond acceptors (Lipinski definition) is 6. The third-order valence-electron chi connectivity index (χ3n) is 4.99. The van der Waals surface area contributed by atoms with Crippen LogP contribution < -0.4 is 9.64 Å². The molecular formula is C24H19ClN2O5. The Morgan fingerprint density at radius 3 is 2.50 bits per heavy atom. The van der Waals surface area contributed by atoms with Crippen LogP contribution in [0.4, 0.5) is 5.82 Å². The van der Waals surface area contributed by atoms with Crippen molar-refractivity contribution in [3.05, 3.63) is 94.7 Å². The van der Waals surface area contributed by atoms with E-state index in [1.165, 1.54) is 4.90 Å². The molecule has 0 bridgehead atoms. The number of aliphatic hydroxyl groups excluding tert-OH is 1. The third-order valence-corrected chi connectivity index (χ3v) is 5.24. The van der Waals surface area contributed by atoms with Crippen molar-refractivity contribution >= 4 is 34.9 Å². The number of hydrogen-bond donors (Lipinski definition) is 1. The molecule has 1 saturated heterocycles. The molecule has 8 heteroatoms. The number of carbonyl (C=O) groups is 2. The normalized spacial score (nSPS) is 17.6. The monoisotopic (exact) mass is 450 g/mol. The molecule has 32 heavy (non-hydrogen) atoms. The number of amides is 1. The van der Waals surface area contributed by atoms with E-state index in [1.807, 2.05) is 0 Å². The highest BCUT2D eigenvalue weighted by Gasteiger charge is 2.48. The molecule has 162 valence electrons. The van der Waals surface area contributed by atoms with E-state index in [0.717, 1.165) is 0 Å². The molecule has 1 atom stereocenters. The Hall–Kier alpha value is -3.84. The minimum Gasteiger partial charge on any atom is -0.507 e. The van der Waals surface area contributed by atoms with E-state index in [0.29, 0.717) is 34.3 Å². The van der Waals surface area contributed by atoms with Crippen LogP contribution in [0.25, 0.3) is 5.76 Å². The Bertz CT molecular complexity index is 1210. The first-order chi connectivity index (χ1) is 15.4. The summed E-state index contributed by atoms with van der Waals surface area (Å²) in [5, 5.41) is 15.4. The highest BCUT2D eigenvalue weighted by Crippen LogP contribution is 2.42. The fraction of sp³-hybridized carbons (Fsp3) is 0.125. The van der Waals surface area contributed by atoms with Crippen LogP contribution in [0, 0.1) is 6.92 Å². The SMILES string of the molecule is C=CCOc1ccc([C@H]2C(=C(O)c3ccc(Cl)cc3)C(=O)C(=O)N2c2cc(C)on2)cc1. The molecule has 1 amide bonds. The Kier molecular flexibility index (Phi) is 5.83. The molecule has 2 heterocycles. The summed E-state index contributed by atoms with van der Waals surface area (Å²) < 4.78 is 10.6. The Balaban J connectivity index is 1.86. The Morgan fingerprint density at radius 1 is 1.22 bits per heavy atom. The molecule has 1 aliphatic rings. The van der Waals surface area contributed by atoms with E-state index in [9.17, 15) is 14.7 Å². The van der Waals surface area contributed by atoms with Crippen molar-refractivity contribution in [1.82, 2.24) is 5.16 Å². The van der Waals surface area contributed by atoms with Gasteiger partial charge in [0.1, 0.15) is 23.9 Å². The van der Waals surface area contributed by atoms with Gasteiger partial charge >= 0.3 is 5.91 Å². The summed E-state index contributed by atoms with van der Waals surface area (Å²) in [6, 6.07) is 13.9. The minimum absolute atomic E-state index is 0.0577. The van der Waals surface area contributed by atoms with Crippen LogP contribution >= 0.6 is 11.6 Å². The molecule has 1 aliphatic heterocycles. The molecule has 1 N–H and O–H groups in total. The molecule has 0 unspecified atom stereocenters. The first-order valence-corrected chi connectivity index (χ1v) is 10.1. The summed E-state index contributed by atoms with van der Waals surface area (Å²) in [6.07, 6.45) is 1.63. The van der Waals surface area contributed by atoms with Crippen molar-refractivity contribution in [3.63, 3.8) is 0 Å². The van der Waals surface area contributed by atoms with E-state index >= 15 is 0 Å². The van der Waals surface area contributed by atoms with Gasteiger partial charge in [-0.15, -0.1) is 0 Å². The van der Waals surface area contributed by atoms with Crippen LogP contribution in [-0.4, -0.2) is 28.6 Å². The number of ketones is 1. The molecule has 0 aliphatic carbocycles. The predicted octanol–water partition coefficient (Wildman–Crippen LogP) is 4.83. The van der Waals surface area contributed by atoms with E-state index in [4.69, 9.17) is 20.9 Å². The van der Waals surface area contributed by atoms with E-state index < -0.39 is 17.7 Å². The lowest BCUT2D eigenvalue weighted by Gasteiger charge is -2.23. The summed E-state index contributed by atoms with van der Waals surface area (Å²) in [6.45, 7) is 5.64. The van der Waals surface area contributed by atoms with Crippen molar-refractivity contribution < 1.29 is 24.0 Å². The zero-order chi connectivity index (χ0) is 22.8. The molecule has 4 rings (SSSR count). The molecule has 7 nitrogen and oxygen atoms in total. The van der Waals surface area contributed by atoms with Gasteiger partial charge in [-0.25, -0.2) is 0 Å². The van der Waals surface area contributed by atoms with Gasteiger partial charge in [0, 0.05) is 16.7 Å². The lowest BCUT2D eigenvalue weighted by Crippen LogP contribution is -2.29. The van der Waals surface area contributed by atoms with Gasteiger partial charge in [0.15, 0.2) is 5.82 Å². The lowest BCUT2D eigenvalue weighted by atomic mass is 9.95. The first kappa shape index (κ1) is 21.4. The summed E-state index contributed by atoms with van der Waals surface area (Å²) in [5.41, 5.74) is 0.892. The molecule has 1 fully saturated rings. The zero-order valence-electron chi connectivity index (χ0n) is 17.1. The maximum absolute atomic E-state index is 13.0. The van der Waals surface area contributed by atoms with Crippen molar-refractivity contribution in [1.29, 1.82) is 0 Å². The largest absolute Gasteiger partial charge is 0.507 e. The highest BCUT2D eigenvalue weighted by molar-refractivity contribution is 6.51. The van der Waals surface area contributed by atoms with Gasteiger partial charge < -0.3 is 14.4 Å². The highest BCUT2D eigenvalue weighted by atomic mass is 35.5. The number of nitrogens with zero attached hydrogens (tertiary/aromatic N) is 2. The van der Waals surface area contributed by atoms with E-state index in [1.54, 1.807) is 67.6 Å². The number of ether oxygens (including phenoxy) is 1. The summed E-state index contributed by atoms with van der Waals surface area (Å²) in [5.74, 6) is -0.690. The molecule has 1 aromatic heterocycles. The molecule has 3 aromatic rings. The molecule has 0 radical (unpaired) electrons. The smallest absolute Gasteiger partial charge is 0.301 e. The van der Waals surface area contributed by atoms with Crippen LogP contribution in [0.1, 0.15) is 22.9 Å². The second kappa shape index (κ2) is 8.72. The topological polar surface area (TPSA) is 92.9 Å². The fourth-order valence-corrected chi connectivity index (χ4v) is 3.64. The zero-order valence-corrected chi connectivity index (χ0v) is 17.9. The molecule has 2 aromatic carbocycles. The van der Waals surface area contributed by atoms with Gasteiger partial charge in [0.2, 0.25) is 0 Å². The van der Waals surface area contributed by atoms with Crippen LogP contribution in [0.5, 0.6) is 5.75 Å². The maximum atomic E-state index is 13.0. The average molecular weight is 451 g/mol. The van der Waals surface area contributed by atoms with Crippen LogP contribution in [-0.2, 0) is 9.59 Å². The van der Waals surface area contributed by atoms with Crippen LogP contribution in [0.3, 0.4) is 0 Å². The first-order valence-electron chi connectivity index (χ1n) is 9.74. The van der Waals surface area contributed by atoms with Crippen molar-refractivity contribution in [2.24, 2.45) is 0 Å². The molecule has 0 saturated carbocycles. The summed E-state index contributed by atoms with van der Waals surface area (Å²) >= 11 is 5.95. The average Bonchev–Trinajstić information content (AvgIpc) is 3.33. The third kappa shape index (κ3) is 3.90. The maximum Gasteiger partial charge on any atom is 0.301 e. The van der Waals surface area contributed by atoms with Gasteiger partial charge in [-0.3, -0.25) is 14.5 Å². The summed E-state index contributed by atoms with van der Waals surface area (Å²) in [4.78, 5) is 27.3. The number of halogens is 1. The number of benzene rings is 2. The van der Waals surface area contributed by atoms with Gasteiger partial charge in [-0.05, 0) is 48.9 Å². The van der Waals surface area contributed by atoms with Crippen LogP contribution in [0.15, 0.2) is 77.3 Å². The van der Waals surface area contributed by atoms with Gasteiger partial charge in [0.25, 0.3) is 5.78 Å². The number of aromatic nitrogens is 1. The molecule has 0 spiro atoms. The number of Topliss-reactive ketones (excluding diaryl/α,β-unsaturated/α-hetero) is 1. The number of anilines is 1. The van der Waals surface area contributed by atoms with Crippen LogP contribution in [0.2, 0.25) is 5.02 Å². The predicted molar refractivity (Wildman–Crippen MR) is 120 cm³/mol. The quantitative estimate of drug-likeness (QED) is 0.250.